The van der Waals surface area contributed by atoms with Crippen LogP contribution in [-0.2, 0) is 6.54 Å². The lowest BCUT2D eigenvalue weighted by Crippen LogP contribution is -2.20. The number of rotatable bonds is 7. The zero-order valence-corrected chi connectivity index (χ0v) is 19.7. The molecule has 0 atom stereocenters. The van der Waals surface area contributed by atoms with Crippen LogP contribution in [0, 0.1) is 5.95 Å². The summed E-state index contributed by atoms with van der Waals surface area (Å²) >= 11 is 6.40. The first-order valence-electron chi connectivity index (χ1n) is 10.8. The molecule has 4 heterocycles. The number of nitrogens with one attached hydrogen (secondary N) is 1. The van der Waals surface area contributed by atoms with Crippen molar-refractivity contribution >= 4 is 40.3 Å². The number of fused-ring (bicyclic) bond motifs is 1. The Balaban J connectivity index is 1.56. The molecule has 180 valence electrons. The standard InChI is InChI=1S/C25H19ClFN7O2/c1-36-18-7-5-16(6-8-18)15-33(23-4-2-3-10-29-23)19-13-21(26)32-34-20(14-30-24(19)34)25(35)31-17-9-11-28-22(27)12-17/h2-14H,15H2,1H3,(H,28,31,35). The van der Waals surface area contributed by atoms with Crippen molar-refractivity contribution < 1.29 is 13.9 Å². The van der Waals surface area contributed by atoms with Crippen LogP contribution >= 0.6 is 11.6 Å². The number of imidazole rings is 1. The van der Waals surface area contributed by atoms with E-state index in [4.69, 9.17) is 16.3 Å². The SMILES string of the molecule is COc1ccc(CN(c2ccccn2)c2cc(Cl)nn3c(C(=O)Nc4ccnc(F)c4)cnc23)cc1. The highest BCUT2D eigenvalue weighted by atomic mass is 35.5. The van der Waals surface area contributed by atoms with Crippen molar-refractivity contribution in [1.82, 2.24) is 24.6 Å². The predicted molar refractivity (Wildman–Crippen MR) is 133 cm³/mol. The summed E-state index contributed by atoms with van der Waals surface area (Å²) in [5, 5.41) is 7.07. The lowest BCUT2D eigenvalue weighted by Gasteiger charge is -2.24. The minimum Gasteiger partial charge on any atom is -0.497 e. The Morgan fingerprint density at radius 1 is 1.08 bits per heavy atom. The van der Waals surface area contributed by atoms with Crippen molar-refractivity contribution in [1.29, 1.82) is 0 Å². The first kappa shape index (κ1) is 23.2. The molecule has 0 radical (unpaired) electrons. The molecule has 0 bridgehead atoms. The minimum atomic E-state index is -0.709. The number of benzene rings is 1. The number of hydrogen-bond acceptors (Lipinski definition) is 7. The van der Waals surface area contributed by atoms with Crippen LogP contribution in [0.4, 0.5) is 21.6 Å². The molecule has 5 rings (SSSR count). The van der Waals surface area contributed by atoms with Gasteiger partial charge in [0.05, 0.1) is 19.0 Å². The molecule has 1 amide bonds. The highest BCUT2D eigenvalue weighted by Gasteiger charge is 2.22. The van der Waals surface area contributed by atoms with Gasteiger partial charge in [0.15, 0.2) is 16.5 Å². The molecule has 0 fully saturated rings. The van der Waals surface area contributed by atoms with E-state index in [1.54, 1.807) is 19.4 Å². The molecule has 4 aromatic heterocycles. The monoisotopic (exact) mass is 503 g/mol. The number of carbonyl (C=O) groups excluding carboxylic acids is 1. The smallest absolute Gasteiger partial charge is 0.276 e. The summed E-state index contributed by atoms with van der Waals surface area (Å²) in [6.45, 7) is 0.432. The van der Waals surface area contributed by atoms with E-state index in [-0.39, 0.29) is 16.5 Å². The molecule has 5 aromatic rings. The second kappa shape index (κ2) is 9.96. The molecule has 0 aliphatic carbocycles. The van der Waals surface area contributed by atoms with Gasteiger partial charge in [-0.2, -0.15) is 9.49 Å². The maximum absolute atomic E-state index is 13.5. The van der Waals surface area contributed by atoms with Crippen molar-refractivity contribution in [3.8, 4) is 5.75 Å². The first-order chi connectivity index (χ1) is 17.5. The predicted octanol–water partition coefficient (Wildman–Crippen LogP) is 4.91. The van der Waals surface area contributed by atoms with E-state index in [0.717, 1.165) is 17.4 Å². The Morgan fingerprint density at radius 2 is 1.92 bits per heavy atom. The van der Waals surface area contributed by atoms with Crippen molar-refractivity contribution in [2.75, 3.05) is 17.3 Å². The molecule has 9 nitrogen and oxygen atoms in total. The number of aromatic nitrogens is 5. The van der Waals surface area contributed by atoms with Crippen LogP contribution < -0.4 is 15.0 Å². The highest BCUT2D eigenvalue weighted by molar-refractivity contribution is 6.29. The molecule has 36 heavy (non-hydrogen) atoms. The quantitative estimate of drug-likeness (QED) is 0.315. The maximum Gasteiger partial charge on any atom is 0.276 e. The third-order valence-electron chi connectivity index (χ3n) is 5.35. The van der Waals surface area contributed by atoms with E-state index in [2.05, 4.69) is 25.4 Å². The van der Waals surface area contributed by atoms with Gasteiger partial charge in [0.25, 0.3) is 5.91 Å². The van der Waals surface area contributed by atoms with Gasteiger partial charge in [-0.15, -0.1) is 0 Å². The molecule has 0 aliphatic rings. The van der Waals surface area contributed by atoms with Crippen LogP contribution in [0.15, 0.2) is 79.3 Å². The largest absolute Gasteiger partial charge is 0.497 e. The molecule has 1 aromatic carbocycles. The normalized spacial score (nSPS) is 10.9. The Hall–Kier alpha value is -4.57. The van der Waals surface area contributed by atoms with E-state index in [0.29, 0.717) is 23.7 Å². The fourth-order valence-corrected chi connectivity index (χ4v) is 3.85. The third kappa shape index (κ3) is 4.80. The number of anilines is 3. The number of pyridine rings is 2. The number of halogens is 2. The fraction of sp³-hybridized carbons (Fsp3) is 0.0800. The summed E-state index contributed by atoms with van der Waals surface area (Å²) in [6, 6.07) is 17.5. The Labute approximate surface area is 210 Å². The molecule has 0 spiro atoms. The van der Waals surface area contributed by atoms with Crippen LogP contribution in [-0.4, -0.2) is 37.6 Å². The van der Waals surface area contributed by atoms with Crippen LogP contribution in [0.5, 0.6) is 5.75 Å². The number of amides is 1. The number of hydrogen-bond donors (Lipinski definition) is 1. The summed E-state index contributed by atoms with van der Waals surface area (Å²) in [4.78, 5) is 27.4. The highest BCUT2D eigenvalue weighted by Crippen LogP contribution is 2.31. The van der Waals surface area contributed by atoms with Crippen LogP contribution in [0.1, 0.15) is 16.1 Å². The summed E-state index contributed by atoms with van der Waals surface area (Å²) in [5.74, 6) is 0.154. The van der Waals surface area contributed by atoms with Crippen molar-refractivity contribution in [3.05, 3.63) is 102 Å². The molecule has 0 unspecified atom stereocenters. The van der Waals surface area contributed by atoms with Crippen LogP contribution in [0.3, 0.4) is 0 Å². The average molecular weight is 504 g/mol. The molecule has 0 aliphatic heterocycles. The van der Waals surface area contributed by atoms with Crippen molar-refractivity contribution in [3.63, 3.8) is 0 Å². The minimum absolute atomic E-state index is 0.122. The summed E-state index contributed by atoms with van der Waals surface area (Å²) < 4.78 is 20.1. The summed E-state index contributed by atoms with van der Waals surface area (Å²) in [7, 11) is 1.61. The van der Waals surface area contributed by atoms with Gasteiger partial charge in [0.1, 0.15) is 11.6 Å². The van der Waals surface area contributed by atoms with E-state index >= 15 is 0 Å². The summed E-state index contributed by atoms with van der Waals surface area (Å²) in [5.41, 5.74) is 2.34. The van der Waals surface area contributed by atoms with E-state index in [1.165, 1.54) is 23.0 Å². The Kier molecular flexibility index (Phi) is 6.42. The number of nitrogens with zero attached hydrogens (tertiary/aromatic N) is 6. The van der Waals surface area contributed by atoms with Gasteiger partial charge in [-0.05, 0) is 35.9 Å². The number of methoxy groups -OCH3 is 1. The van der Waals surface area contributed by atoms with Crippen LogP contribution in [0.25, 0.3) is 5.65 Å². The van der Waals surface area contributed by atoms with Gasteiger partial charge in [-0.3, -0.25) is 4.79 Å². The second-order valence-corrected chi connectivity index (χ2v) is 8.06. The van der Waals surface area contributed by atoms with Crippen molar-refractivity contribution in [2.45, 2.75) is 6.54 Å². The molecule has 1 N–H and O–H groups in total. The zero-order chi connectivity index (χ0) is 25.1. The molecule has 0 saturated heterocycles. The van der Waals surface area contributed by atoms with Gasteiger partial charge < -0.3 is 15.0 Å². The van der Waals surface area contributed by atoms with Gasteiger partial charge in [-0.25, -0.2) is 19.5 Å². The third-order valence-corrected chi connectivity index (χ3v) is 5.54. The Bertz CT molecular complexity index is 1530. The molecular weight excluding hydrogens is 485 g/mol. The molecule has 0 saturated carbocycles. The van der Waals surface area contributed by atoms with Gasteiger partial charge in [0.2, 0.25) is 5.95 Å². The first-order valence-corrected chi connectivity index (χ1v) is 11.2. The maximum atomic E-state index is 13.5. The molecular formula is C25H19ClFN7O2. The zero-order valence-electron chi connectivity index (χ0n) is 19.0. The van der Waals surface area contributed by atoms with Gasteiger partial charge in [-0.1, -0.05) is 29.8 Å². The van der Waals surface area contributed by atoms with E-state index < -0.39 is 11.9 Å². The Morgan fingerprint density at radius 3 is 2.64 bits per heavy atom. The second-order valence-electron chi connectivity index (χ2n) is 7.67. The van der Waals surface area contributed by atoms with E-state index in [1.807, 2.05) is 47.4 Å². The fourth-order valence-electron chi connectivity index (χ4n) is 3.67. The topological polar surface area (TPSA) is 97.5 Å². The lowest BCUT2D eigenvalue weighted by molar-refractivity contribution is 0.102. The van der Waals surface area contributed by atoms with Gasteiger partial charge in [0, 0.05) is 36.8 Å². The average Bonchev–Trinajstić information content (AvgIpc) is 3.32. The number of ether oxygens (including phenoxy) is 1. The molecule has 11 heteroatoms. The van der Waals surface area contributed by atoms with Gasteiger partial charge >= 0.3 is 0 Å². The lowest BCUT2D eigenvalue weighted by atomic mass is 10.2. The summed E-state index contributed by atoms with van der Waals surface area (Å²) in [6.07, 6.45) is 4.34. The van der Waals surface area contributed by atoms with E-state index in [9.17, 15) is 9.18 Å². The van der Waals surface area contributed by atoms with Crippen molar-refractivity contribution in [2.24, 2.45) is 0 Å². The van der Waals surface area contributed by atoms with Crippen LogP contribution in [0.2, 0.25) is 5.15 Å². The number of carbonyl (C=O) groups is 1.